The van der Waals surface area contributed by atoms with E-state index in [-0.39, 0.29) is 12.5 Å². The molecule has 0 amide bonds. The van der Waals surface area contributed by atoms with Crippen molar-refractivity contribution in [3.8, 4) is 0 Å². The predicted molar refractivity (Wildman–Crippen MR) is 41.7 cm³/mol. The third-order valence-electron chi connectivity index (χ3n) is 1.11. The normalized spacial score (nSPS) is 11.7. The number of hydrogen-bond acceptors (Lipinski definition) is 5. The molecule has 0 aliphatic heterocycles. The first-order valence-corrected chi connectivity index (χ1v) is 3.28. The fourth-order valence-corrected chi connectivity index (χ4v) is 0.607. The fraction of sp³-hybridized carbons (Fsp3) is 0.400. The highest BCUT2D eigenvalue weighted by molar-refractivity contribution is 5.76. The number of nitrogens with one attached hydrogen (secondary N) is 1. The average molecular weight is 170 g/mol. The lowest BCUT2D eigenvalue weighted by Gasteiger charge is -1.94. The Bertz CT molecular complexity index is 279. The van der Waals surface area contributed by atoms with Gasteiger partial charge >= 0.3 is 0 Å². The van der Waals surface area contributed by atoms with Crippen LogP contribution in [-0.4, -0.2) is 16.1 Å². The van der Waals surface area contributed by atoms with Crippen molar-refractivity contribution in [1.82, 2.24) is 15.6 Å². The van der Waals surface area contributed by atoms with Crippen LogP contribution in [0, 0.1) is 6.92 Å². The average Bonchev–Trinajstić information content (AvgIpc) is 2.47. The summed E-state index contributed by atoms with van der Waals surface area (Å²) in [6, 6.07) is 0. The van der Waals surface area contributed by atoms with Gasteiger partial charge in [0.05, 0.1) is 0 Å². The molecule has 1 aromatic heterocycles. The van der Waals surface area contributed by atoms with Crippen LogP contribution in [0.25, 0.3) is 0 Å². The number of aliphatic imine (C=N–C) groups is 1. The van der Waals surface area contributed by atoms with E-state index in [0.29, 0.717) is 11.7 Å². The van der Waals surface area contributed by atoms with Crippen molar-refractivity contribution in [1.29, 1.82) is 0 Å². The molecule has 0 aromatic carbocycles. The molecule has 5 N–H and O–H groups in total. The number of hydrazine groups is 1. The third kappa shape index (κ3) is 2.20. The number of aryl methyl sites for hydroxylation is 1. The van der Waals surface area contributed by atoms with Crippen LogP contribution < -0.4 is 17.0 Å². The molecular formula is C5H10N6O. The van der Waals surface area contributed by atoms with Gasteiger partial charge in [-0.1, -0.05) is 5.16 Å². The second kappa shape index (κ2) is 3.67. The number of aromatic nitrogens is 2. The SMILES string of the molecule is Cc1nc(CN=C(N)NN)no1. The Balaban J connectivity index is 2.53. The van der Waals surface area contributed by atoms with Crippen LogP contribution in [-0.2, 0) is 6.54 Å². The maximum Gasteiger partial charge on any atom is 0.223 e. The molecule has 0 aliphatic rings. The van der Waals surface area contributed by atoms with Gasteiger partial charge in [-0.15, -0.1) is 0 Å². The summed E-state index contributed by atoms with van der Waals surface area (Å²) < 4.78 is 4.71. The molecule has 0 unspecified atom stereocenters. The zero-order valence-electron chi connectivity index (χ0n) is 6.61. The largest absolute Gasteiger partial charge is 0.369 e. The van der Waals surface area contributed by atoms with Crippen LogP contribution in [0.5, 0.6) is 0 Å². The zero-order valence-corrected chi connectivity index (χ0v) is 6.61. The van der Waals surface area contributed by atoms with E-state index in [1.165, 1.54) is 0 Å². The molecule has 0 atom stereocenters. The summed E-state index contributed by atoms with van der Waals surface area (Å²) in [7, 11) is 0. The zero-order chi connectivity index (χ0) is 8.97. The number of rotatable bonds is 2. The first-order chi connectivity index (χ1) is 5.72. The van der Waals surface area contributed by atoms with Gasteiger partial charge in [-0.2, -0.15) is 4.98 Å². The summed E-state index contributed by atoms with van der Waals surface area (Å²) >= 11 is 0. The van der Waals surface area contributed by atoms with Gasteiger partial charge in [0.1, 0.15) is 6.54 Å². The minimum absolute atomic E-state index is 0.137. The van der Waals surface area contributed by atoms with Gasteiger partial charge in [0.15, 0.2) is 5.82 Å². The van der Waals surface area contributed by atoms with E-state index in [1.54, 1.807) is 6.92 Å². The highest BCUT2D eigenvalue weighted by atomic mass is 16.5. The molecule has 1 aromatic rings. The Morgan fingerprint density at radius 2 is 2.50 bits per heavy atom. The minimum atomic E-state index is 0.137. The van der Waals surface area contributed by atoms with E-state index in [9.17, 15) is 0 Å². The predicted octanol–water partition coefficient (Wildman–Crippen LogP) is -1.34. The van der Waals surface area contributed by atoms with Gasteiger partial charge in [0, 0.05) is 6.92 Å². The number of nitrogens with zero attached hydrogens (tertiary/aromatic N) is 3. The molecule has 7 heteroatoms. The maximum atomic E-state index is 5.26. The van der Waals surface area contributed by atoms with Crippen molar-refractivity contribution in [3.63, 3.8) is 0 Å². The van der Waals surface area contributed by atoms with Crippen LogP contribution in [0.2, 0.25) is 0 Å². The van der Waals surface area contributed by atoms with Crippen molar-refractivity contribution in [2.24, 2.45) is 16.6 Å². The highest BCUT2D eigenvalue weighted by Crippen LogP contribution is 1.95. The fourth-order valence-electron chi connectivity index (χ4n) is 0.607. The van der Waals surface area contributed by atoms with Crippen LogP contribution >= 0.6 is 0 Å². The Kier molecular flexibility index (Phi) is 2.59. The van der Waals surface area contributed by atoms with Gasteiger partial charge in [0.25, 0.3) is 0 Å². The minimum Gasteiger partial charge on any atom is -0.369 e. The smallest absolute Gasteiger partial charge is 0.223 e. The molecular weight excluding hydrogens is 160 g/mol. The second-order valence-electron chi connectivity index (χ2n) is 2.08. The third-order valence-corrected chi connectivity index (χ3v) is 1.11. The maximum absolute atomic E-state index is 5.26. The van der Waals surface area contributed by atoms with Crippen LogP contribution in [0.3, 0.4) is 0 Å². The molecule has 0 saturated carbocycles. The first-order valence-electron chi connectivity index (χ1n) is 3.28. The van der Waals surface area contributed by atoms with Gasteiger partial charge in [-0.3, -0.25) is 5.43 Å². The molecule has 0 aliphatic carbocycles. The van der Waals surface area contributed by atoms with Gasteiger partial charge < -0.3 is 10.3 Å². The molecule has 66 valence electrons. The van der Waals surface area contributed by atoms with Crippen LogP contribution in [0.15, 0.2) is 9.52 Å². The lowest BCUT2D eigenvalue weighted by Crippen LogP contribution is -2.37. The summed E-state index contributed by atoms with van der Waals surface area (Å²) in [4.78, 5) is 7.71. The quantitative estimate of drug-likeness (QED) is 0.219. The number of hydrogen-bond donors (Lipinski definition) is 3. The van der Waals surface area contributed by atoms with Crippen molar-refractivity contribution in [2.75, 3.05) is 0 Å². The van der Waals surface area contributed by atoms with E-state index in [1.807, 2.05) is 0 Å². The van der Waals surface area contributed by atoms with Crippen molar-refractivity contribution >= 4 is 5.96 Å². The van der Waals surface area contributed by atoms with Gasteiger partial charge in [0.2, 0.25) is 11.9 Å². The molecule has 0 spiro atoms. The van der Waals surface area contributed by atoms with Crippen molar-refractivity contribution in [3.05, 3.63) is 11.7 Å². The molecule has 7 nitrogen and oxygen atoms in total. The summed E-state index contributed by atoms with van der Waals surface area (Å²) in [6.07, 6.45) is 0. The van der Waals surface area contributed by atoms with Gasteiger partial charge in [-0.05, 0) is 0 Å². The van der Waals surface area contributed by atoms with E-state index in [2.05, 4.69) is 20.6 Å². The van der Waals surface area contributed by atoms with Crippen LogP contribution in [0.4, 0.5) is 0 Å². The molecule has 1 heterocycles. The highest BCUT2D eigenvalue weighted by Gasteiger charge is 1.99. The summed E-state index contributed by atoms with van der Waals surface area (Å²) in [5.41, 5.74) is 7.44. The van der Waals surface area contributed by atoms with E-state index in [0.717, 1.165) is 0 Å². The first kappa shape index (κ1) is 8.47. The summed E-state index contributed by atoms with van der Waals surface area (Å²) in [5.74, 6) is 6.08. The molecule has 0 fully saturated rings. The lowest BCUT2D eigenvalue weighted by atomic mass is 10.6. The van der Waals surface area contributed by atoms with Crippen molar-refractivity contribution < 1.29 is 4.52 Å². The molecule has 1 rings (SSSR count). The standard InChI is InChI=1S/C5H10N6O/c1-3-9-4(11-12-3)2-8-5(6)10-7/h2,7H2,1H3,(H3,6,8,10). The van der Waals surface area contributed by atoms with E-state index >= 15 is 0 Å². The van der Waals surface area contributed by atoms with E-state index in [4.69, 9.17) is 16.1 Å². The lowest BCUT2D eigenvalue weighted by molar-refractivity contribution is 0.387. The Morgan fingerprint density at radius 1 is 1.75 bits per heavy atom. The van der Waals surface area contributed by atoms with Crippen LogP contribution in [0.1, 0.15) is 11.7 Å². The second-order valence-corrected chi connectivity index (χ2v) is 2.08. The molecule has 0 radical (unpaired) electrons. The number of guanidine groups is 1. The molecule has 0 saturated heterocycles. The summed E-state index contributed by atoms with van der Waals surface area (Å²) in [6.45, 7) is 1.96. The number of nitrogens with two attached hydrogens (primary N) is 2. The molecule has 0 bridgehead atoms. The summed E-state index contributed by atoms with van der Waals surface area (Å²) in [5, 5.41) is 3.60. The monoisotopic (exact) mass is 170 g/mol. The Hall–Kier alpha value is -1.63. The van der Waals surface area contributed by atoms with Gasteiger partial charge in [-0.25, -0.2) is 10.8 Å². The topological polar surface area (TPSA) is 115 Å². The Morgan fingerprint density at radius 3 is 3.00 bits per heavy atom. The van der Waals surface area contributed by atoms with Crippen molar-refractivity contribution in [2.45, 2.75) is 13.5 Å². The Labute approximate surface area is 68.8 Å². The van der Waals surface area contributed by atoms with E-state index < -0.39 is 0 Å². The molecule has 12 heavy (non-hydrogen) atoms.